The first-order valence-electron chi connectivity index (χ1n) is 8.80. The van der Waals surface area contributed by atoms with Crippen molar-refractivity contribution in [2.24, 2.45) is 0 Å². The summed E-state index contributed by atoms with van der Waals surface area (Å²) in [5, 5.41) is 15.7. The molecule has 0 saturated carbocycles. The molecule has 1 saturated heterocycles. The van der Waals surface area contributed by atoms with Crippen LogP contribution in [-0.4, -0.2) is 49.1 Å². The summed E-state index contributed by atoms with van der Waals surface area (Å²) in [6, 6.07) is 7.74. The molecule has 130 valence electrons. The van der Waals surface area contributed by atoms with E-state index in [1.54, 1.807) is 0 Å². The molecule has 1 fully saturated rings. The average molecular weight is 338 g/mol. The summed E-state index contributed by atoms with van der Waals surface area (Å²) in [5.41, 5.74) is 4.51. The van der Waals surface area contributed by atoms with Crippen LogP contribution in [0, 0.1) is 6.92 Å². The predicted octanol–water partition coefficient (Wildman–Crippen LogP) is 2.50. The Kier molecular flexibility index (Phi) is 3.99. The minimum absolute atomic E-state index is 0.0601. The smallest absolute Gasteiger partial charge is 0.253 e. The van der Waals surface area contributed by atoms with Crippen LogP contribution in [0.15, 0.2) is 24.3 Å². The van der Waals surface area contributed by atoms with Gasteiger partial charge in [-0.2, -0.15) is 5.10 Å². The molecule has 1 atom stereocenters. The van der Waals surface area contributed by atoms with E-state index in [0.29, 0.717) is 18.0 Å². The Hall–Kier alpha value is -2.70. The van der Waals surface area contributed by atoms with Crippen molar-refractivity contribution in [1.29, 1.82) is 0 Å². The molecule has 7 heteroatoms. The highest BCUT2D eigenvalue weighted by Crippen LogP contribution is 2.27. The fourth-order valence-electron chi connectivity index (χ4n) is 3.57. The van der Waals surface area contributed by atoms with Gasteiger partial charge in [0.05, 0.1) is 11.2 Å². The number of benzene rings is 1. The normalized spacial score (nSPS) is 18.0. The average Bonchev–Trinajstić information content (AvgIpc) is 3.26. The summed E-state index contributed by atoms with van der Waals surface area (Å²) < 4.78 is 1.83. The number of nitrogens with zero attached hydrogens (tertiary/aromatic N) is 5. The van der Waals surface area contributed by atoms with Gasteiger partial charge < -0.3 is 4.90 Å². The number of carbonyl (C=O) groups is 1. The Morgan fingerprint density at radius 3 is 3.00 bits per heavy atom. The molecule has 3 heterocycles. The van der Waals surface area contributed by atoms with E-state index in [2.05, 4.69) is 26.6 Å². The monoisotopic (exact) mass is 338 g/mol. The lowest BCUT2D eigenvalue weighted by Gasteiger charge is -2.32. The number of nitrogens with one attached hydrogen (secondary N) is 1. The molecular formula is C18H22N6O. The number of aryl methyl sites for hydroxylation is 2. The first-order valence-corrected chi connectivity index (χ1v) is 8.80. The summed E-state index contributed by atoms with van der Waals surface area (Å²) in [4.78, 5) is 14.9. The zero-order valence-electron chi connectivity index (χ0n) is 14.6. The minimum Gasteiger partial charge on any atom is -0.338 e. The highest BCUT2D eigenvalue weighted by atomic mass is 16.2. The van der Waals surface area contributed by atoms with Crippen LogP contribution in [0.25, 0.3) is 11.0 Å². The van der Waals surface area contributed by atoms with Gasteiger partial charge in [-0.3, -0.25) is 9.89 Å². The number of hydrogen-bond acceptors (Lipinski definition) is 4. The van der Waals surface area contributed by atoms with E-state index < -0.39 is 0 Å². The molecule has 1 aliphatic rings. The fraction of sp³-hybridized carbons (Fsp3) is 0.444. The van der Waals surface area contributed by atoms with Crippen LogP contribution in [0.3, 0.4) is 0 Å². The molecule has 0 spiro atoms. The molecule has 1 N–H and O–H groups in total. The first kappa shape index (κ1) is 15.8. The van der Waals surface area contributed by atoms with Crippen LogP contribution in [-0.2, 0) is 6.54 Å². The second kappa shape index (κ2) is 6.31. The van der Waals surface area contributed by atoms with Gasteiger partial charge in [-0.25, -0.2) is 4.68 Å². The summed E-state index contributed by atoms with van der Waals surface area (Å²) >= 11 is 0. The number of piperidine rings is 1. The second-order valence-corrected chi connectivity index (χ2v) is 6.67. The van der Waals surface area contributed by atoms with Crippen LogP contribution in [0.2, 0.25) is 0 Å². The molecular weight excluding hydrogens is 316 g/mol. The lowest BCUT2D eigenvalue weighted by molar-refractivity contribution is 0.0706. The van der Waals surface area contributed by atoms with Gasteiger partial charge in [-0.15, -0.1) is 5.10 Å². The minimum atomic E-state index is 0.0601. The maximum absolute atomic E-state index is 12.9. The van der Waals surface area contributed by atoms with Crippen molar-refractivity contribution in [2.45, 2.75) is 39.2 Å². The third kappa shape index (κ3) is 2.90. The topological polar surface area (TPSA) is 79.7 Å². The molecule has 0 unspecified atom stereocenters. The highest BCUT2D eigenvalue weighted by Gasteiger charge is 2.27. The molecule has 3 aromatic rings. The molecule has 0 bridgehead atoms. The number of likely N-dealkylation sites (tertiary alicyclic amines) is 1. The van der Waals surface area contributed by atoms with Gasteiger partial charge in [-0.1, -0.05) is 5.21 Å². The largest absolute Gasteiger partial charge is 0.338 e. The van der Waals surface area contributed by atoms with Gasteiger partial charge in [0.2, 0.25) is 0 Å². The maximum Gasteiger partial charge on any atom is 0.253 e. The Morgan fingerprint density at radius 1 is 1.36 bits per heavy atom. The molecule has 0 radical (unpaired) electrons. The van der Waals surface area contributed by atoms with Crippen LogP contribution in [0.5, 0.6) is 0 Å². The van der Waals surface area contributed by atoms with Crippen molar-refractivity contribution in [3.63, 3.8) is 0 Å². The van der Waals surface area contributed by atoms with Gasteiger partial charge in [0, 0.05) is 36.8 Å². The summed E-state index contributed by atoms with van der Waals surface area (Å²) in [5.74, 6) is 0.359. The Balaban J connectivity index is 1.55. The quantitative estimate of drug-likeness (QED) is 0.796. The number of H-pyrrole nitrogens is 1. The number of aromatic amines is 1. The summed E-state index contributed by atoms with van der Waals surface area (Å²) in [6.45, 7) is 6.29. The van der Waals surface area contributed by atoms with Crippen molar-refractivity contribution < 1.29 is 4.79 Å². The Labute approximate surface area is 146 Å². The Morgan fingerprint density at radius 2 is 2.24 bits per heavy atom. The molecule has 1 aromatic carbocycles. The highest BCUT2D eigenvalue weighted by molar-refractivity contribution is 5.97. The number of hydrogen-bond donors (Lipinski definition) is 1. The van der Waals surface area contributed by atoms with E-state index >= 15 is 0 Å². The van der Waals surface area contributed by atoms with E-state index in [4.69, 9.17) is 0 Å². The van der Waals surface area contributed by atoms with E-state index in [-0.39, 0.29) is 5.91 Å². The lowest BCUT2D eigenvalue weighted by Crippen LogP contribution is -2.39. The van der Waals surface area contributed by atoms with Crippen molar-refractivity contribution in [3.8, 4) is 0 Å². The van der Waals surface area contributed by atoms with Crippen molar-refractivity contribution in [3.05, 3.63) is 41.2 Å². The van der Waals surface area contributed by atoms with E-state index in [1.807, 2.05) is 41.6 Å². The van der Waals surface area contributed by atoms with Gasteiger partial charge >= 0.3 is 0 Å². The zero-order chi connectivity index (χ0) is 17.4. The molecule has 7 nitrogen and oxygen atoms in total. The molecule has 1 amide bonds. The maximum atomic E-state index is 12.9. The molecule has 25 heavy (non-hydrogen) atoms. The van der Waals surface area contributed by atoms with E-state index in [1.165, 1.54) is 0 Å². The molecule has 4 rings (SSSR count). The van der Waals surface area contributed by atoms with Crippen LogP contribution < -0.4 is 0 Å². The molecule has 2 aromatic heterocycles. The van der Waals surface area contributed by atoms with Gasteiger partial charge in [0.25, 0.3) is 5.91 Å². The van der Waals surface area contributed by atoms with Crippen LogP contribution in [0.4, 0.5) is 0 Å². The van der Waals surface area contributed by atoms with Crippen LogP contribution in [0.1, 0.15) is 47.4 Å². The standard InChI is InChI=1S/C18H22N6O/c1-3-24-17-7-6-13(10-16(17)21-22-24)18(25)23-8-4-5-14(11-23)15-9-12(2)19-20-15/h6-7,9-10,14H,3-5,8,11H2,1-2H3,(H,19,20)/t14-/m1/s1. The number of carbonyl (C=O) groups excluding carboxylic acids is 1. The van der Waals surface area contributed by atoms with E-state index in [9.17, 15) is 4.79 Å². The van der Waals surface area contributed by atoms with Gasteiger partial charge in [0.15, 0.2) is 0 Å². The lowest BCUT2D eigenvalue weighted by atomic mass is 9.94. The second-order valence-electron chi connectivity index (χ2n) is 6.67. The fourth-order valence-corrected chi connectivity index (χ4v) is 3.57. The SMILES string of the molecule is CCn1nnc2cc(C(=O)N3CCC[C@@H](c4cc(C)[nH]n4)C3)ccc21. The van der Waals surface area contributed by atoms with E-state index in [0.717, 1.165) is 48.4 Å². The predicted molar refractivity (Wildman–Crippen MR) is 94.4 cm³/mol. The van der Waals surface area contributed by atoms with Crippen LogP contribution >= 0.6 is 0 Å². The number of amides is 1. The van der Waals surface area contributed by atoms with Crippen molar-refractivity contribution in [2.75, 3.05) is 13.1 Å². The zero-order valence-corrected chi connectivity index (χ0v) is 14.6. The third-order valence-corrected chi connectivity index (χ3v) is 4.91. The van der Waals surface area contributed by atoms with Crippen molar-refractivity contribution in [1.82, 2.24) is 30.1 Å². The first-order chi connectivity index (χ1) is 12.2. The number of aromatic nitrogens is 5. The third-order valence-electron chi connectivity index (χ3n) is 4.91. The van der Waals surface area contributed by atoms with Gasteiger partial charge in [-0.05, 0) is 51.0 Å². The Bertz CT molecular complexity index is 911. The number of rotatable bonds is 3. The summed E-state index contributed by atoms with van der Waals surface area (Å²) in [7, 11) is 0. The van der Waals surface area contributed by atoms with Crippen molar-refractivity contribution >= 4 is 16.9 Å². The number of fused-ring (bicyclic) bond motifs is 1. The molecule has 1 aliphatic heterocycles. The molecule has 0 aliphatic carbocycles. The van der Waals surface area contributed by atoms with Gasteiger partial charge in [0.1, 0.15) is 5.52 Å². The summed E-state index contributed by atoms with van der Waals surface area (Å²) in [6.07, 6.45) is 2.06.